The van der Waals surface area contributed by atoms with Crippen LogP contribution in [-0.4, -0.2) is 31.1 Å². The quantitative estimate of drug-likeness (QED) is 0.0980. The number of anilines is 1. The van der Waals surface area contributed by atoms with E-state index >= 15 is 0 Å². The summed E-state index contributed by atoms with van der Waals surface area (Å²) in [6.07, 6.45) is 7.89. The molecule has 0 saturated carbocycles. The maximum absolute atomic E-state index is 11.2. The number of carbonyl (C=O) groups excluding carboxylic acids is 1. The van der Waals surface area contributed by atoms with Crippen LogP contribution in [-0.2, 0) is 14.6 Å². The molecule has 7 nitrogen and oxygen atoms in total. The number of carbonyl (C=O) groups is 1. The van der Waals surface area contributed by atoms with Gasteiger partial charge in [-0.2, -0.15) is 4.89 Å². The fourth-order valence-corrected chi connectivity index (χ4v) is 2.90. The molecule has 7 heteroatoms. The molecule has 0 aliphatic rings. The zero-order valence-corrected chi connectivity index (χ0v) is 18.7. The molecule has 2 aromatic rings. The molecule has 0 bridgehead atoms. The SMILES string of the molecule is C=C(C)C(=O)OOCCCCCCN(C)c1ccc(C=Cc2ccc([N+](=O)[O-])cc2)cc1. The molecule has 170 valence electrons. The van der Waals surface area contributed by atoms with Crippen LogP contribution in [0.2, 0.25) is 0 Å². The number of nitro groups is 1. The Labute approximate surface area is 189 Å². The molecule has 0 fully saturated rings. The zero-order valence-electron chi connectivity index (χ0n) is 18.7. The molecular weight excluding hydrogens is 408 g/mol. The van der Waals surface area contributed by atoms with Gasteiger partial charge in [0.1, 0.15) is 0 Å². The maximum atomic E-state index is 11.2. The van der Waals surface area contributed by atoms with E-state index in [-0.39, 0.29) is 5.69 Å². The van der Waals surface area contributed by atoms with Crippen molar-refractivity contribution in [1.29, 1.82) is 0 Å². The lowest BCUT2D eigenvalue weighted by molar-refractivity contribution is -0.384. The van der Waals surface area contributed by atoms with Crippen LogP contribution in [0.3, 0.4) is 0 Å². The molecule has 0 atom stereocenters. The van der Waals surface area contributed by atoms with E-state index in [9.17, 15) is 14.9 Å². The van der Waals surface area contributed by atoms with Gasteiger partial charge in [-0.25, -0.2) is 4.79 Å². The van der Waals surface area contributed by atoms with Crippen molar-refractivity contribution in [2.45, 2.75) is 32.6 Å². The Morgan fingerprint density at radius 3 is 2.12 bits per heavy atom. The fourth-order valence-electron chi connectivity index (χ4n) is 2.90. The molecule has 0 aromatic heterocycles. The Morgan fingerprint density at radius 1 is 1.00 bits per heavy atom. The third-order valence-corrected chi connectivity index (χ3v) is 4.86. The summed E-state index contributed by atoms with van der Waals surface area (Å²) in [6, 6.07) is 14.7. The van der Waals surface area contributed by atoms with Crippen LogP contribution in [0, 0.1) is 10.1 Å². The van der Waals surface area contributed by atoms with Crippen molar-refractivity contribution in [3.8, 4) is 0 Å². The van der Waals surface area contributed by atoms with Gasteiger partial charge < -0.3 is 4.90 Å². The minimum atomic E-state index is -0.528. The van der Waals surface area contributed by atoms with Gasteiger partial charge in [0.25, 0.3) is 5.69 Å². The summed E-state index contributed by atoms with van der Waals surface area (Å²) in [5, 5.41) is 10.7. The molecule has 0 aliphatic carbocycles. The van der Waals surface area contributed by atoms with Crippen molar-refractivity contribution in [1.82, 2.24) is 0 Å². The molecule has 0 amide bonds. The first-order chi connectivity index (χ1) is 15.4. The summed E-state index contributed by atoms with van der Waals surface area (Å²) in [5.74, 6) is -0.528. The minimum Gasteiger partial charge on any atom is -0.375 e. The van der Waals surface area contributed by atoms with Gasteiger partial charge in [-0.3, -0.25) is 15.0 Å². The molecule has 32 heavy (non-hydrogen) atoms. The lowest BCUT2D eigenvalue weighted by atomic mass is 10.1. The van der Waals surface area contributed by atoms with Crippen LogP contribution in [0.5, 0.6) is 0 Å². The largest absolute Gasteiger partial charge is 0.375 e. The van der Waals surface area contributed by atoms with Crippen LogP contribution >= 0.6 is 0 Å². The van der Waals surface area contributed by atoms with E-state index in [0.29, 0.717) is 12.2 Å². The third kappa shape index (κ3) is 8.73. The van der Waals surface area contributed by atoms with E-state index < -0.39 is 10.9 Å². The zero-order chi connectivity index (χ0) is 23.3. The first-order valence-corrected chi connectivity index (χ1v) is 10.6. The Hall–Kier alpha value is -3.45. The summed E-state index contributed by atoms with van der Waals surface area (Å²) in [4.78, 5) is 33.2. The van der Waals surface area contributed by atoms with Gasteiger partial charge in [-0.1, -0.05) is 43.7 Å². The van der Waals surface area contributed by atoms with E-state index in [1.165, 1.54) is 12.1 Å². The standard InChI is InChI=1S/C25H30N2O5/c1-20(2)25(28)32-31-19-7-5-4-6-18-26(3)23-14-10-21(11-15-23)8-9-22-12-16-24(17-13-22)27(29)30/h8-17H,1,4-7,18-19H2,2-3H3. The van der Waals surface area contributed by atoms with Crippen molar-refractivity contribution < 1.29 is 19.5 Å². The van der Waals surface area contributed by atoms with Crippen LogP contribution < -0.4 is 4.90 Å². The highest BCUT2D eigenvalue weighted by molar-refractivity contribution is 5.86. The van der Waals surface area contributed by atoms with Crippen molar-refractivity contribution in [2.24, 2.45) is 0 Å². The highest BCUT2D eigenvalue weighted by atomic mass is 17.2. The molecule has 0 aliphatic heterocycles. The van der Waals surface area contributed by atoms with Crippen LogP contribution in [0.4, 0.5) is 11.4 Å². The second-order valence-electron chi connectivity index (χ2n) is 7.58. The van der Waals surface area contributed by atoms with Gasteiger partial charge in [0, 0.05) is 37.0 Å². The predicted octanol–water partition coefficient (Wildman–Crippen LogP) is 5.81. The van der Waals surface area contributed by atoms with Gasteiger partial charge in [-0.05, 0) is 55.2 Å². The second-order valence-corrected chi connectivity index (χ2v) is 7.58. The first kappa shape index (κ1) is 24.8. The normalized spacial score (nSPS) is 10.8. The maximum Gasteiger partial charge on any atom is 0.368 e. The van der Waals surface area contributed by atoms with Gasteiger partial charge in [0.2, 0.25) is 0 Å². The van der Waals surface area contributed by atoms with Crippen LogP contribution in [0.25, 0.3) is 12.2 Å². The van der Waals surface area contributed by atoms with Crippen molar-refractivity contribution in [2.75, 3.05) is 25.1 Å². The Balaban J connectivity index is 1.67. The molecule has 2 aromatic carbocycles. The smallest absolute Gasteiger partial charge is 0.368 e. The predicted molar refractivity (Wildman–Crippen MR) is 127 cm³/mol. The monoisotopic (exact) mass is 438 g/mol. The lowest BCUT2D eigenvalue weighted by Crippen LogP contribution is -2.18. The summed E-state index contributed by atoms with van der Waals surface area (Å²) < 4.78 is 0. The van der Waals surface area contributed by atoms with Gasteiger partial charge >= 0.3 is 5.97 Å². The number of non-ortho nitro benzene ring substituents is 1. The van der Waals surface area contributed by atoms with E-state index in [0.717, 1.165) is 49.0 Å². The molecule has 0 heterocycles. The number of nitro benzene ring substituents is 1. The Kier molecular flexibility index (Phi) is 10.1. The summed E-state index contributed by atoms with van der Waals surface area (Å²) in [6.45, 7) is 6.41. The van der Waals surface area contributed by atoms with Gasteiger partial charge in [-0.15, -0.1) is 0 Å². The molecule has 2 rings (SSSR count). The van der Waals surface area contributed by atoms with Gasteiger partial charge in [0.15, 0.2) is 0 Å². The number of benzene rings is 2. The molecule has 0 spiro atoms. The molecule has 0 radical (unpaired) electrons. The second kappa shape index (κ2) is 13.1. The first-order valence-electron chi connectivity index (χ1n) is 10.6. The highest BCUT2D eigenvalue weighted by Crippen LogP contribution is 2.18. The van der Waals surface area contributed by atoms with Crippen molar-refractivity contribution in [3.63, 3.8) is 0 Å². The molecule has 0 saturated heterocycles. The molecule has 0 unspecified atom stereocenters. The number of nitrogens with zero attached hydrogens (tertiary/aromatic N) is 2. The number of unbranched alkanes of at least 4 members (excludes halogenated alkanes) is 3. The molecule has 0 N–H and O–H groups in total. The van der Waals surface area contributed by atoms with Crippen LogP contribution in [0.1, 0.15) is 43.7 Å². The number of rotatable bonds is 13. The van der Waals surface area contributed by atoms with Crippen molar-refractivity contribution in [3.05, 3.63) is 81.9 Å². The highest BCUT2D eigenvalue weighted by Gasteiger charge is 2.05. The van der Waals surface area contributed by atoms with Crippen molar-refractivity contribution >= 4 is 29.5 Å². The fraction of sp³-hybridized carbons (Fsp3) is 0.320. The Morgan fingerprint density at radius 2 is 1.56 bits per heavy atom. The average molecular weight is 439 g/mol. The van der Waals surface area contributed by atoms with Crippen LogP contribution in [0.15, 0.2) is 60.7 Å². The van der Waals surface area contributed by atoms with E-state index in [1.807, 2.05) is 12.2 Å². The summed E-state index contributed by atoms with van der Waals surface area (Å²) in [5.41, 5.74) is 3.53. The lowest BCUT2D eigenvalue weighted by Gasteiger charge is -2.19. The number of hydrogen-bond acceptors (Lipinski definition) is 6. The van der Waals surface area contributed by atoms with E-state index in [4.69, 9.17) is 4.89 Å². The third-order valence-electron chi connectivity index (χ3n) is 4.86. The number of hydrogen-bond donors (Lipinski definition) is 0. The molecular formula is C25H30N2O5. The summed E-state index contributed by atoms with van der Waals surface area (Å²) in [7, 11) is 2.07. The minimum absolute atomic E-state index is 0.0898. The van der Waals surface area contributed by atoms with E-state index in [2.05, 4.69) is 47.7 Å². The topological polar surface area (TPSA) is 81.9 Å². The van der Waals surface area contributed by atoms with E-state index in [1.54, 1.807) is 19.1 Å². The van der Waals surface area contributed by atoms with Gasteiger partial charge in [0.05, 0.1) is 11.5 Å². The average Bonchev–Trinajstić information content (AvgIpc) is 2.79. The Bertz CT molecular complexity index is 920. The summed E-state index contributed by atoms with van der Waals surface area (Å²) >= 11 is 0.